The van der Waals surface area contributed by atoms with Crippen LogP contribution in [0, 0.1) is 6.92 Å². The Bertz CT molecular complexity index is 517. The average molecular weight is 279 g/mol. The van der Waals surface area contributed by atoms with Gasteiger partial charge in [-0.15, -0.1) is 0 Å². The van der Waals surface area contributed by atoms with Crippen molar-refractivity contribution in [1.82, 2.24) is 5.32 Å². The second kappa shape index (κ2) is 5.94. The van der Waals surface area contributed by atoms with Crippen LogP contribution in [0.25, 0.3) is 0 Å². The van der Waals surface area contributed by atoms with E-state index in [0.717, 1.165) is 0 Å². The molecule has 0 spiro atoms. The van der Waals surface area contributed by atoms with Gasteiger partial charge in [0.05, 0.1) is 0 Å². The SMILES string of the molecule is Cc1cc(C(=O)N[C@@H](C)C(=O)OC(C)(C)C)ccc1O. The Morgan fingerprint density at radius 2 is 1.90 bits per heavy atom. The highest BCUT2D eigenvalue weighted by atomic mass is 16.6. The van der Waals surface area contributed by atoms with Crippen molar-refractivity contribution in [2.75, 3.05) is 0 Å². The fraction of sp³-hybridized carbons (Fsp3) is 0.467. The summed E-state index contributed by atoms with van der Waals surface area (Å²) in [5.41, 5.74) is 0.392. The summed E-state index contributed by atoms with van der Waals surface area (Å²) in [6, 6.07) is 3.77. The summed E-state index contributed by atoms with van der Waals surface area (Å²) in [6.45, 7) is 8.57. The van der Waals surface area contributed by atoms with Crippen LogP contribution in [0.3, 0.4) is 0 Å². The standard InChI is InChI=1S/C15H21NO4/c1-9-8-11(6-7-12(9)17)13(18)16-10(2)14(19)20-15(3,4)5/h6-8,10,17H,1-5H3,(H,16,18)/t10-/m0/s1. The van der Waals surface area contributed by atoms with Gasteiger partial charge in [-0.1, -0.05) is 0 Å². The molecule has 1 aromatic rings. The second-order valence-corrected chi connectivity index (χ2v) is 5.73. The number of esters is 1. The highest BCUT2D eigenvalue weighted by Gasteiger charge is 2.23. The molecule has 0 aromatic heterocycles. The Morgan fingerprint density at radius 1 is 1.30 bits per heavy atom. The Hall–Kier alpha value is -2.04. The highest BCUT2D eigenvalue weighted by molar-refractivity contribution is 5.97. The summed E-state index contributed by atoms with van der Waals surface area (Å²) < 4.78 is 5.19. The summed E-state index contributed by atoms with van der Waals surface area (Å²) in [6.07, 6.45) is 0. The summed E-state index contributed by atoms with van der Waals surface area (Å²) in [5, 5.41) is 12.0. The third kappa shape index (κ3) is 4.57. The maximum Gasteiger partial charge on any atom is 0.328 e. The van der Waals surface area contributed by atoms with E-state index in [1.807, 2.05) is 0 Å². The number of hydrogen-bond acceptors (Lipinski definition) is 4. The zero-order chi connectivity index (χ0) is 15.5. The maximum atomic E-state index is 12.0. The predicted octanol–water partition coefficient (Wildman–Crippen LogP) is 2.16. The van der Waals surface area contributed by atoms with Crippen LogP contribution in [-0.2, 0) is 9.53 Å². The Balaban J connectivity index is 2.70. The van der Waals surface area contributed by atoms with E-state index in [1.54, 1.807) is 40.7 Å². The third-order valence-electron chi connectivity index (χ3n) is 2.57. The number of aryl methyl sites for hydroxylation is 1. The minimum atomic E-state index is -0.740. The molecular weight excluding hydrogens is 258 g/mol. The van der Waals surface area contributed by atoms with Crippen LogP contribution in [0.2, 0.25) is 0 Å². The van der Waals surface area contributed by atoms with Gasteiger partial charge in [-0.25, -0.2) is 4.79 Å². The topological polar surface area (TPSA) is 75.6 Å². The molecule has 0 aliphatic rings. The van der Waals surface area contributed by atoms with Crippen molar-refractivity contribution in [3.05, 3.63) is 29.3 Å². The van der Waals surface area contributed by atoms with Gasteiger partial charge in [0, 0.05) is 5.56 Å². The summed E-state index contributed by atoms with van der Waals surface area (Å²) in [7, 11) is 0. The normalized spacial score (nSPS) is 12.7. The largest absolute Gasteiger partial charge is 0.508 e. The number of rotatable bonds is 3. The van der Waals surface area contributed by atoms with Gasteiger partial charge in [0.1, 0.15) is 17.4 Å². The van der Waals surface area contributed by atoms with Crippen LogP contribution >= 0.6 is 0 Å². The average Bonchev–Trinajstić information content (AvgIpc) is 2.30. The first-order chi connectivity index (χ1) is 9.10. The van der Waals surface area contributed by atoms with Crippen LogP contribution in [0.4, 0.5) is 0 Å². The van der Waals surface area contributed by atoms with Crippen molar-refractivity contribution in [1.29, 1.82) is 0 Å². The summed E-state index contributed by atoms with van der Waals surface area (Å²) >= 11 is 0. The van der Waals surface area contributed by atoms with Crippen LogP contribution < -0.4 is 5.32 Å². The number of hydrogen-bond donors (Lipinski definition) is 2. The lowest BCUT2D eigenvalue weighted by atomic mass is 10.1. The van der Waals surface area contributed by atoms with Gasteiger partial charge in [-0.05, 0) is 58.4 Å². The molecule has 2 N–H and O–H groups in total. The number of aromatic hydroxyl groups is 1. The van der Waals surface area contributed by atoms with E-state index >= 15 is 0 Å². The molecule has 0 saturated carbocycles. The number of carbonyl (C=O) groups excluding carboxylic acids is 2. The van der Waals surface area contributed by atoms with E-state index in [-0.39, 0.29) is 11.7 Å². The van der Waals surface area contributed by atoms with Gasteiger partial charge in [0.15, 0.2) is 0 Å². The number of phenols is 1. The number of amides is 1. The molecule has 0 saturated heterocycles. The lowest BCUT2D eigenvalue weighted by Crippen LogP contribution is -2.42. The van der Waals surface area contributed by atoms with Crippen molar-refractivity contribution in [3.63, 3.8) is 0 Å². The van der Waals surface area contributed by atoms with Crippen LogP contribution in [0.15, 0.2) is 18.2 Å². The molecule has 0 heterocycles. The molecule has 5 nitrogen and oxygen atoms in total. The quantitative estimate of drug-likeness (QED) is 0.831. The van der Waals surface area contributed by atoms with Crippen molar-refractivity contribution in [2.24, 2.45) is 0 Å². The predicted molar refractivity (Wildman–Crippen MR) is 75.6 cm³/mol. The molecule has 20 heavy (non-hydrogen) atoms. The molecule has 0 unspecified atom stereocenters. The molecule has 1 aromatic carbocycles. The first-order valence-electron chi connectivity index (χ1n) is 6.43. The third-order valence-corrected chi connectivity index (χ3v) is 2.57. The molecule has 0 aliphatic heterocycles. The zero-order valence-corrected chi connectivity index (χ0v) is 12.5. The van der Waals surface area contributed by atoms with E-state index in [2.05, 4.69) is 5.32 Å². The molecule has 0 fully saturated rings. The number of ether oxygens (including phenoxy) is 1. The molecular formula is C15H21NO4. The fourth-order valence-corrected chi connectivity index (χ4v) is 1.53. The molecule has 1 atom stereocenters. The Kier molecular flexibility index (Phi) is 4.76. The Morgan fingerprint density at radius 3 is 2.40 bits per heavy atom. The lowest BCUT2D eigenvalue weighted by Gasteiger charge is -2.22. The van der Waals surface area contributed by atoms with Gasteiger partial charge in [-0.2, -0.15) is 0 Å². The smallest absolute Gasteiger partial charge is 0.328 e. The Labute approximate surface area is 118 Å². The molecule has 1 amide bonds. The number of benzene rings is 1. The number of nitrogens with one attached hydrogen (secondary N) is 1. The van der Waals surface area contributed by atoms with E-state index in [0.29, 0.717) is 11.1 Å². The minimum Gasteiger partial charge on any atom is -0.508 e. The molecule has 110 valence electrons. The van der Waals surface area contributed by atoms with Crippen molar-refractivity contribution in [2.45, 2.75) is 46.3 Å². The van der Waals surface area contributed by atoms with Crippen molar-refractivity contribution in [3.8, 4) is 5.75 Å². The van der Waals surface area contributed by atoms with Gasteiger partial charge < -0.3 is 15.2 Å². The molecule has 0 radical (unpaired) electrons. The molecule has 0 aliphatic carbocycles. The number of carbonyl (C=O) groups is 2. The zero-order valence-electron chi connectivity index (χ0n) is 12.5. The van der Waals surface area contributed by atoms with Crippen molar-refractivity contribution < 1.29 is 19.4 Å². The lowest BCUT2D eigenvalue weighted by molar-refractivity contribution is -0.156. The van der Waals surface area contributed by atoms with Crippen LogP contribution in [-0.4, -0.2) is 28.6 Å². The van der Waals surface area contributed by atoms with Crippen LogP contribution in [0.1, 0.15) is 43.6 Å². The van der Waals surface area contributed by atoms with Gasteiger partial charge >= 0.3 is 5.97 Å². The fourth-order valence-electron chi connectivity index (χ4n) is 1.53. The van der Waals surface area contributed by atoms with Crippen LogP contribution in [0.5, 0.6) is 5.75 Å². The molecule has 0 bridgehead atoms. The monoisotopic (exact) mass is 279 g/mol. The van der Waals surface area contributed by atoms with Gasteiger partial charge in [0.2, 0.25) is 0 Å². The number of phenolic OH excluding ortho intramolecular Hbond substituents is 1. The minimum absolute atomic E-state index is 0.127. The van der Waals surface area contributed by atoms with E-state index < -0.39 is 17.6 Å². The summed E-state index contributed by atoms with van der Waals surface area (Å²) in [5.74, 6) is -0.741. The first kappa shape index (κ1) is 16.0. The maximum absolute atomic E-state index is 12.0. The van der Waals surface area contributed by atoms with Gasteiger partial charge in [0.25, 0.3) is 5.91 Å². The molecule has 5 heteroatoms. The van der Waals surface area contributed by atoms with E-state index in [9.17, 15) is 14.7 Å². The van der Waals surface area contributed by atoms with Crippen molar-refractivity contribution >= 4 is 11.9 Å². The first-order valence-corrected chi connectivity index (χ1v) is 6.43. The van der Waals surface area contributed by atoms with Gasteiger partial charge in [-0.3, -0.25) is 4.79 Å². The highest BCUT2D eigenvalue weighted by Crippen LogP contribution is 2.17. The van der Waals surface area contributed by atoms with E-state index in [1.165, 1.54) is 12.1 Å². The summed E-state index contributed by atoms with van der Waals surface area (Å²) in [4.78, 5) is 23.8. The second-order valence-electron chi connectivity index (χ2n) is 5.73. The molecule has 1 rings (SSSR count). The van der Waals surface area contributed by atoms with E-state index in [4.69, 9.17) is 4.74 Å².